The highest BCUT2D eigenvalue weighted by molar-refractivity contribution is 9.10. The van der Waals surface area contributed by atoms with Crippen molar-refractivity contribution in [3.8, 4) is 0 Å². The molecule has 2 unspecified atom stereocenters. The van der Waals surface area contributed by atoms with Crippen LogP contribution in [0, 0.1) is 11.7 Å². The van der Waals surface area contributed by atoms with Crippen molar-refractivity contribution in [1.82, 2.24) is 0 Å². The van der Waals surface area contributed by atoms with E-state index in [0.29, 0.717) is 5.56 Å². The maximum atomic E-state index is 13.1. The van der Waals surface area contributed by atoms with E-state index in [1.807, 2.05) is 0 Å². The summed E-state index contributed by atoms with van der Waals surface area (Å²) < 4.78 is 18.6. The minimum absolute atomic E-state index is 0.250. The van der Waals surface area contributed by atoms with Crippen LogP contribution in [0.1, 0.15) is 39.4 Å². The minimum Gasteiger partial charge on any atom is -0.460 e. The largest absolute Gasteiger partial charge is 0.460 e. The molecule has 0 fully saturated rings. The number of halogens is 2. The van der Waals surface area contributed by atoms with Crippen molar-refractivity contribution in [1.29, 1.82) is 0 Å². The van der Waals surface area contributed by atoms with Gasteiger partial charge in [0.2, 0.25) is 0 Å². The van der Waals surface area contributed by atoms with Crippen LogP contribution in [0.5, 0.6) is 0 Å². The number of esters is 1. The lowest BCUT2D eigenvalue weighted by molar-refractivity contribution is -0.163. The zero-order valence-corrected chi connectivity index (χ0v) is 13.0. The van der Waals surface area contributed by atoms with Crippen molar-refractivity contribution in [2.75, 3.05) is 0 Å². The van der Waals surface area contributed by atoms with Gasteiger partial charge in [-0.25, -0.2) is 4.39 Å². The summed E-state index contributed by atoms with van der Waals surface area (Å²) in [7, 11) is 0. The third-order valence-electron chi connectivity index (χ3n) is 2.54. The van der Waals surface area contributed by atoms with E-state index in [1.54, 1.807) is 27.7 Å². The topological polar surface area (TPSA) is 46.5 Å². The molecule has 0 spiro atoms. The zero-order valence-electron chi connectivity index (χ0n) is 11.4. The number of benzene rings is 1. The van der Waals surface area contributed by atoms with Gasteiger partial charge in [-0.2, -0.15) is 0 Å². The second-order valence-corrected chi connectivity index (χ2v) is 6.29. The van der Waals surface area contributed by atoms with E-state index < -0.39 is 29.4 Å². The Labute approximate surface area is 120 Å². The van der Waals surface area contributed by atoms with Crippen molar-refractivity contribution >= 4 is 21.9 Å². The summed E-state index contributed by atoms with van der Waals surface area (Å²) in [6.07, 6.45) is -1.04. The van der Waals surface area contributed by atoms with Crippen LogP contribution in [0.15, 0.2) is 22.7 Å². The zero-order chi connectivity index (χ0) is 14.8. The molecular weight excluding hydrogens is 315 g/mol. The Morgan fingerprint density at radius 1 is 1.42 bits per heavy atom. The number of rotatable bonds is 3. The molecule has 1 aromatic carbocycles. The van der Waals surface area contributed by atoms with Crippen LogP contribution in [0.2, 0.25) is 0 Å². The van der Waals surface area contributed by atoms with E-state index in [-0.39, 0.29) is 4.47 Å². The summed E-state index contributed by atoms with van der Waals surface area (Å²) in [6.45, 7) is 6.87. The second kappa shape index (κ2) is 6.01. The fourth-order valence-corrected chi connectivity index (χ4v) is 1.91. The molecule has 0 bridgehead atoms. The predicted molar refractivity (Wildman–Crippen MR) is 74.1 cm³/mol. The molecule has 5 heteroatoms. The second-order valence-electron chi connectivity index (χ2n) is 5.44. The molecule has 1 rings (SSSR count). The molecule has 0 aliphatic heterocycles. The van der Waals surface area contributed by atoms with E-state index in [9.17, 15) is 14.3 Å². The Kier molecular flexibility index (Phi) is 5.10. The minimum atomic E-state index is -1.04. The molecule has 0 amide bonds. The summed E-state index contributed by atoms with van der Waals surface area (Å²) in [5.41, 5.74) is -0.138. The number of carbonyl (C=O) groups excluding carboxylic acids is 1. The van der Waals surface area contributed by atoms with Crippen LogP contribution >= 0.6 is 15.9 Å². The summed E-state index contributed by atoms with van der Waals surface area (Å²) in [4.78, 5) is 11.9. The molecule has 0 saturated carbocycles. The summed E-state index contributed by atoms with van der Waals surface area (Å²) in [5, 5.41) is 10.1. The van der Waals surface area contributed by atoms with E-state index in [1.165, 1.54) is 18.2 Å². The third kappa shape index (κ3) is 4.58. The highest BCUT2D eigenvalue weighted by Crippen LogP contribution is 2.27. The SMILES string of the molecule is CC(C(=O)OC(C)(C)C)C(O)c1ccc(F)c(Br)c1. The van der Waals surface area contributed by atoms with Crippen LogP contribution in [-0.2, 0) is 9.53 Å². The van der Waals surface area contributed by atoms with Crippen molar-refractivity contribution < 1.29 is 19.0 Å². The molecule has 1 N–H and O–H groups in total. The fraction of sp³-hybridized carbons (Fsp3) is 0.500. The quantitative estimate of drug-likeness (QED) is 0.860. The highest BCUT2D eigenvalue weighted by Gasteiger charge is 2.28. The van der Waals surface area contributed by atoms with Crippen LogP contribution in [0.25, 0.3) is 0 Å². The first-order valence-corrected chi connectivity index (χ1v) is 6.77. The average molecular weight is 333 g/mol. The Balaban J connectivity index is 2.84. The molecule has 19 heavy (non-hydrogen) atoms. The lowest BCUT2D eigenvalue weighted by Crippen LogP contribution is -2.30. The van der Waals surface area contributed by atoms with Gasteiger partial charge in [-0.05, 0) is 61.3 Å². The Morgan fingerprint density at radius 3 is 2.47 bits per heavy atom. The molecule has 0 radical (unpaired) electrons. The third-order valence-corrected chi connectivity index (χ3v) is 3.15. The average Bonchev–Trinajstić information content (AvgIpc) is 2.28. The monoisotopic (exact) mass is 332 g/mol. The summed E-state index contributed by atoms with van der Waals surface area (Å²) >= 11 is 3.05. The van der Waals surface area contributed by atoms with Crippen molar-refractivity contribution in [3.05, 3.63) is 34.1 Å². The number of carbonyl (C=O) groups is 1. The molecule has 3 nitrogen and oxygen atoms in total. The molecule has 106 valence electrons. The molecule has 0 aliphatic carbocycles. The van der Waals surface area contributed by atoms with Crippen LogP contribution in [0.3, 0.4) is 0 Å². The van der Waals surface area contributed by atoms with Gasteiger partial charge in [-0.15, -0.1) is 0 Å². The van der Waals surface area contributed by atoms with Crippen molar-refractivity contribution in [2.24, 2.45) is 5.92 Å². The van der Waals surface area contributed by atoms with Crippen LogP contribution < -0.4 is 0 Å². The van der Waals surface area contributed by atoms with Crippen LogP contribution in [0.4, 0.5) is 4.39 Å². The molecular formula is C14H18BrFO3. The number of hydrogen-bond acceptors (Lipinski definition) is 3. The van der Waals surface area contributed by atoms with E-state index in [2.05, 4.69) is 15.9 Å². The van der Waals surface area contributed by atoms with Gasteiger partial charge >= 0.3 is 5.97 Å². The van der Waals surface area contributed by atoms with Gasteiger partial charge in [0.15, 0.2) is 0 Å². The summed E-state index contributed by atoms with van der Waals surface area (Å²) in [5.74, 6) is -1.63. The Morgan fingerprint density at radius 2 is 2.00 bits per heavy atom. The predicted octanol–water partition coefficient (Wildman–Crippen LogP) is 3.60. The van der Waals surface area contributed by atoms with Crippen molar-refractivity contribution in [2.45, 2.75) is 39.4 Å². The van der Waals surface area contributed by atoms with Gasteiger partial charge in [-0.1, -0.05) is 6.07 Å². The van der Waals surface area contributed by atoms with E-state index in [0.717, 1.165) is 0 Å². The highest BCUT2D eigenvalue weighted by atomic mass is 79.9. The van der Waals surface area contributed by atoms with Gasteiger partial charge in [0.25, 0.3) is 0 Å². The number of hydrogen-bond donors (Lipinski definition) is 1. The number of ether oxygens (including phenoxy) is 1. The lowest BCUT2D eigenvalue weighted by atomic mass is 9.97. The maximum absolute atomic E-state index is 13.1. The van der Waals surface area contributed by atoms with Gasteiger partial charge in [-0.3, -0.25) is 4.79 Å². The fourth-order valence-electron chi connectivity index (χ4n) is 1.51. The first-order chi connectivity index (χ1) is 8.61. The molecule has 0 aromatic heterocycles. The first kappa shape index (κ1) is 16.1. The van der Waals surface area contributed by atoms with Gasteiger partial charge in [0.05, 0.1) is 16.5 Å². The van der Waals surface area contributed by atoms with E-state index >= 15 is 0 Å². The Bertz CT molecular complexity index is 468. The van der Waals surface area contributed by atoms with Gasteiger partial charge in [0, 0.05) is 0 Å². The maximum Gasteiger partial charge on any atom is 0.312 e. The number of aliphatic hydroxyl groups excluding tert-OH is 1. The molecule has 1 aromatic rings. The number of aliphatic hydroxyl groups is 1. The smallest absolute Gasteiger partial charge is 0.312 e. The van der Waals surface area contributed by atoms with Crippen LogP contribution in [-0.4, -0.2) is 16.7 Å². The molecule has 2 atom stereocenters. The molecule has 0 aliphatic rings. The van der Waals surface area contributed by atoms with Gasteiger partial charge < -0.3 is 9.84 Å². The lowest BCUT2D eigenvalue weighted by Gasteiger charge is -2.24. The van der Waals surface area contributed by atoms with Gasteiger partial charge in [0.1, 0.15) is 11.4 Å². The normalized spacial score (nSPS) is 14.9. The molecule has 0 saturated heterocycles. The first-order valence-electron chi connectivity index (χ1n) is 5.97. The molecule has 0 heterocycles. The van der Waals surface area contributed by atoms with Crippen molar-refractivity contribution in [3.63, 3.8) is 0 Å². The summed E-state index contributed by atoms with van der Waals surface area (Å²) in [6, 6.07) is 4.15. The van der Waals surface area contributed by atoms with E-state index in [4.69, 9.17) is 4.74 Å². The standard InChI is InChI=1S/C14H18BrFO3/c1-8(13(18)19-14(2,3)4)12(17)9-5-6-11(16)10(15)7-9/h5-8,12,17H,1-4H3. The Hall–Kier alpha value is -0.940.